The zero-order valence-corrected chi connectivity index (χ0v) is 8.45. The zero-order valence-electron chi connectivity index (χ0n) is 6.81. The topological polar surface area (TPSA) is 26.0 Å². The normalized spacial score (nSPS) is 11.2. The molecule has 0 atom stereocenters. The summed E-state index contributed by atoms with van der Waals surface area (Å²) in [5, 5.41) is 0. The summed E-state index contributed by atoms with van der Waals surface area (Å²) in [6.45, 7) is 1.81. The highest BCUT2D eigenvalue weighted by Gasteiger charge is 2.32. The van der Waals surface area contributed by atoms with Gasteiger partial charge in [0.2, 0.25) is 0 Å². The third-order valence-corrected chi connectivity index (χ3v) is 2.79. The average molecular weight is 232 g/mol. The molecule has 1 aromatic heterocycles. The Balaban J connectivity index is 0.00000144. The first-order valence-electron chi connectivity index (χ1n) is 3.31. The molecule has 1 nitrogen and oxygen atoms in total. The van der Waals surface area contributed by atoms with E-state index in [1.807, 2.05) is 0 Å². The summed E-state index contributed by atoms with van der Waals surface area (Å²) in [7, 11) is 0. The van der Waals surface area contributed by atoms with Gasteiger partial charge in [-0.3, -0.25) is 0 Å². The molecule has 2 N–H and O–H groups in total. The summed E-state index contributed by atoms with van der Waals surface area (Å²) < 4.78 is 36.3. The summed E-state index contributed by atoms with van der Waals surface area (Å²) in [5.74, 6) is 0. The van der Waals surface area contributed by atoms with Crippen LogP contribution in [0.3, 0.4) is 0 Å². The number of hydrogen-bond donors (Lipinski definition) is 1. The third-order valence-electron chi connectivity index (χ3n) is 1.49. The van der Waals surface area contributed by atoms with E-state index < -0.39 is 11.1 Å². The van der Waals surface area contributed by atoms with E-state index in [0.29, 0.717) is 21.8 Å². The number of halogens is 4. The minimum atomic E-state index is -4.23. The lowest BCUT2D eigenvalue weighted by molar-refractivity contribution is -0.134. The molecular formula is C7H9ClF3NS. The van der Waals surface area contributed by atoms with Crippen LogP contribution < -0.4 is 5.73 Å². The highest BCUT2D eigenvalue weighted by atomic mass is 35.5. The van der Waals surface area contributed by atoms with Crippen molar-refractivity contribution in [2.24, 2.45) is 5.73 Å². The van der Waals surface area contributed by atoms with Crippen molar-refractivity contribution in [1.82, 2.24) is 0 Å². The van der Waals surface area contributed by atoms with Crippen LogP contribution >= 0.6 is 23.7 Å². The molecule has 1 rings (SSSR count). The molecular weight excluding hydrogens is 223 g/mol. The average Bonchev–Trinajstić information content (AvgIpc) is 2.29. The molecule has 0 aromatic carbocycles. The van der Waals surface area contributed by atoms with E-state index in [-0.39, 0.29) is 19.0 Å². The summed E-state index contributed by atoms with van der Waals surface area (Å²) in [6, 6.07) is 1.13. The molecule has 0 fully saturated rings. The van der Waals surface area contributed by atoms with Gasteiger partial charge < -0.3 is 5.73 Å². The third kappa shape index (κ3) is 2.86. The minimum absolute atomic E-state index is 0. The van der Waals surface area contributed by atoms with Crippen LogP contribution in [-0.4, -0.2) is 0 Å². The largest absolute Gasteiger partial charge is 0.425 e. The van der Waals surface area contributed by atoms with Gasteiger partial charge in [-0.2, -0.15) is 13.2 Å². The molecule has 0 radical (unpaired) electrons. The SMILES string of the molecule is Cc1cc(C(F)(F)F)sc1CN.Cl. The molecule has 0 aliphatic carbocycles. The van der Waals surface area contributed by atoms with Crippen LogP contribution in [0.25, 0.3) is 0 Å². The lowest BCUT2D eigenvalue weighted by atomic mass is 10.2. The fraction of sp³-hybridized carbons (Fsp3) is 0.429. The molecule has 1 heterocycles. The number of nitrogens with two attached hydrogens (primary N) is 1. The van der Waals surface area contributed by atoms with Crippen LogP contribution in [0.1, 0.15) is 15.3 Å². The monoisotopic (exact) mass is 231 g/mol. The van der Waals surface area contributed by atoms with Gasteiger partial charge in [-0.1, -0.05) is 0 Å². The van der Waals surface area contributed by atoms with Gasteiger partial charge in [-0.15, -0.1) is 23.7 Å². The maximum absolute atomic E-state index is 12.1. The molecule has 76 valence electrons. The maximum Gasteiger partial charge on any atom is 0.425 e. The predicted octanol–water partition coefficient (Wildman–Crippen LogP) is 2.96. The Morgan fingerprint density at radius 2 is 2.00 bits per heavy atom. The van der Waals surface area contributed by atoms with E-state index in [4.69, 9.17) is 5.73 Å². The molecule has 0 amide bonds. The first-order chi connectivity index (χ1) is 5.45. The van der Waals surface area contributed by atoms with Crippen LogP contribution in [0.5, 0.6) is 0 Å². The highest BCUT2D eigenvalue weighted by Crippen LogP contribution is 2.36. The van der Waals surface area contributed by atoms with Crippen molar-refractivity contribution in [1.29, 1.82) is 0 Å². The Hall–Kier alpha value is -0.260. The van der Waals surface area contributed by atoms with Gasteiger partial charge in [-0.05, 0) is 18.6 Å². The molecule has 0 bridgehead atoms. The second-order valence-corrected chi connectivity index (χ2v) is 3.56. The van der Waals surface area contributed by atoms with Crippen molar-refractivity contribution in [2.75, 3.05) is 0 Å². The van der Waals surface area contributed by atoms with Gasteiger partial charge in [0.15, 0.2) is 0 Å². The first kappa shape index (κ1) is 12.7. The van der Waals surface area contributed by atoms with E-state index >= 15 is 0 Å². The summed E-state index contributed by atoms with van der Waals surface area (Å²) in [5.41, 5.74) is 5.87. The first-order valence-corrected chi connectivity index (χ1v) is 4.13. The molecule has 0 aliphatic rings. The number of thiophene rings is 1. The van der Waals surface area contributed by atoms with Crippen LogP contribution in [-0.2, 0) is 12.7 Å². The Labute approximate surface area is 84.2 Å². The van der Waals surface area contributed by atoms with Crippen molar-refractivity contribution in [3.63, 3.8) is 0 Å². The van der Waals surface area contributed by atoms with Crippen LogP contribution in [0.4, 0.5) is 13.2 Å². The molecule has 6 heteroatoms. The van der Waals surface area contributed by atoms with E-state index in [1.165, 1.54) is 0 Å². The predicted molar refractivity (Wildman–Crippen MR) is 49.2 cm³/mol. The van der Waals surface area contributed by atoms with Gasteiger partial charge in [0.05, 0.1) is 0 Å². The molecule has 0 aliphatic heterocycles. The van der Waals surface area contributed by atoms with Gasteiger partial charge >= 0.3 is 6.18 Å². The minimum Gasteiger partial charge on any atom is -0.326 e. The van der Waals surface area contributed by atoms with Crippen LogP contribution in [0.15, 0.2) is 6.07 Å². The van der Waals surface area contributed by atoms with Crippen LogP contribution in [0.2, 0.25) is 0 Å². The molecule has 0 saturated heterocycles. The van der Waals surface area contributed by atoms with Gasteiger partial charge in [0.1, 0.15) is 4.88 Å². The Kier molecular flexibility index (Phi) is 4.22. The number of rotatable bonds is 1. The smallest absolute Gasteiger partial charge is 0.326 e. The van der Waals surface area contributed by atoms with Crippen molar-refractivity contribution in [3.05, 3.63) is 21.4 Å². The van der Waals surface area contributed by atoms with E-state index in [2.05, 4.69) is 0 Å². The molecule has 0 saturated carbocycles. The maximum atomic E-state index is 12.1. The van der Waals surface area contributed by atoms with Crippen molar-refractivity contribution in [3.8, 4) is 0 Å². The van der Waals surface area contributed by atoms with E-state index in [0.717, 1.165) is 6.07 Å². The quantitative estimate of drug-likeness (QED) is 0.790. The standard InChI is InChI=1S/C7H8F3NS.ClH/c1-4-2-6(7(8,9)10)12-5(4)3-11;/h2H,3,11H2,1H3;1H. The van der Waals surface area contributed by atoms with Gasteiger partial charge in [0, 0.05) is 11.4 Å². The number of aryl methyl sites for hydroxylation is 1. The second kappa shape index (κ2) is 4.30. The summed E-state index contributed by atoms with van der Waals surface area (Å²) in [4.78, 5) is 0.0303. The number of hydrogen-bond acceptors (Lipinski definition) is 2. The second-order valence-electron chi connectivity index (χ2n) is 2.42. The number of alkyl halides is 3. The molecule has 0 unspecified atom stereocenters. The van der Waals surface area contributed by atoms with Gasteiger partial charge in [-0.25, -0.2) is 0 Å². The molecule has 0 spiro atoms. The van der Waals surface area contributed by atoms with E-state index in [9.17, 15) is 13.2 Å². The zero-order chi connectivity index (χ0) is 9.35. The van der Waals surface area contributed by atoms with Gasteiger partial charge in [0.25, 0.3) is 0 Å². The van der Waals surface area contributed by atoms with Crippen LogP contribution in [0, 0.1) is 6.92 Å². The fourth-order valence-electron chi connectivity index (χ4n) is 0.862. The lowest BCUT2D eigenvalue weighted by Gasteiger charge is -2.00. The lowest BCUT2D eigenvalue weighted by Crippen LogP contribution is -2.00. The summed E-state index contributed by atoms with van der Waals surface area (Å²) >= 11 is 0.716. The van der Waals surface area contributed by atoms with Crippen molar-refractivity contribution in [2.45, 2.75) is 19.6 Å². The molecule has 1 aromatic rings. The Bertz CT molecular complexity index is 282. The fourth-order valence-corrected chi connectivity index (χ4v) is 1.78. The Morgan fingerprint density at radius 3 is 2.23 bits per heavy atom. The van der Waals surface area contributed by atoms with E-state index in [1.54, 1.807) is 6.92 Å². The highest BCUT2D eigenvalue weighted by molar-refractivity contribution is 7.12. The van der Waals surface area contributed by atoms with Crippen molar-refractivity contribution >= 4 is 23.7 Å². The van der Waals surface area contributed by atoms with Crippen molar-refractivity contribution < 1.29 is 13.2 Å². The Morgan fingerprint density at radius 1 is 1.46 bits per heavy atom. The molecule has 13 heavy (non-hydrogen) atoms. The summed E-state index contributed by atoms with van der Waals surface area (Å²) in [6.07, 6.45) is -4.23.